The van der Waals surface area contributed by atoms with Gasteiger partial charge in [-0.25, -0.2) is 0 Å². The van der Waals surface area contributed by atoms with E-state index in [2.05, 4.69) is 4.90 Å². The Kier molecular flexibility index (Phi) is 6.89. The molecule has 1 aliphatic heterocycles. The van der Waals surface area contributed by atoms with Crippen molar-refractivity contribution in [3.63, 3.8) is 0 Å². The van der Waals surface area contributed by atoms with Crippen molar-refractivity contribution in [1.29, 1.82) is 0 Å². The lowest BCUT2D eigenvalue weighted by atomic mass is 10.2. The number of halogens is 3. The molecule has 1 saturated heterocycles. The third-order valence-corrected chi connectivity index (χ3v) is 3.53. The molecular formula is C13H24F3N3O2. The number of hydrogen-bond acceptors (Lipinski definition) is 4. The van der Waals surface area contributed by atoms with Gasteiger partial charge in [0, 0.05) is 38.8 Å². The smallest absolute Gasteiger partial charge is 0.395 e. The van der Waals surface area contributed by atoms with E-state index < -0.39 is 24.7 Å². The lowest BCUT2D eigenvalue weighted by Crippen LogP contribution is -2.52. The summed E-state index contributed by atoms with van der Waals surface area (Å²) in [5, 5.41) is 8.85. The van der Waals surface area contributed by atoms with E-state index in [9.17, 15) is 18.0 Å². The molecular weight excluding hydrogens is 287 g/mol. The van der Waals surface area contributed by atoms with E-state index in [1.807, 2.05) is 4.90 Å². The van der Waals surface area contributed by atoms with Gasteiger partial charge in [-0.3, -0.25) is 14.6 Å². The standard InChI is InChI=1S/C13H24F3N3O2/c1-11(2)19(10-13(14,15)16)12(21)9-18-5-3-17(4-6-18)7-8-20/h11,20H,3-10H2,1-2H3. The fraction of sp³-hybridized carbons (Fsp3) is 0.923. The quantitative estimate of drug-likeness (QED) is 0.771. The first kappa shape index (κ1) is 18.2. The van der Waals surface area contributed by atoms with Crippen LogP contribution in [0.1, 0.15) is 13.8 Å². The Hall–Kier alpha value is -0.860. The number of nitrogens with zero attached hydrogens (tertiary/aromatic N) is 3. The van der Waals surface area contributed by atoms with Gasteiger partial charge in [0.25, 0.3) is 0 Å². The number of carbonyl (C=O) groups is 1. The molecule has 0 aromatic rings. The van der Waals surface area contributed by atoms with Gasteiger partial charge >= 0.3 is 6.18 Å². The molecule has 124 valence electrons. The highest BCUT2D eigenvalue weighted by molar-refractivity contribution is 5.78. The first-order valence-electron chi connectivity index (χ1n) is 7.14. The minimum absolute atomic E-state index is 0.0151. The first-order chi connectivity index (χ1) is 9.73. The number of aliphatic hydroxyl groups is 1. The zero-order valence-electron chi connectivity index (χ0n) is 12.6. The highest BCUT2D eigenvalue weighted by Gasteiger charge is 2.34. The number of aliphatic hydroxyl groups excluding tert-OH is 1. The number of carbonyl (C=O) groups excluding carboxylic acids is 1. The molecule has 0 aromatic heterocycles. The minimum atomic E-state index is -4.38. The van der Waals surface area contributed by atoms with E-state index in [0.29, 0.717) is 19.6 Å². The van der Waals surface area contributed by atoms with Crippen molar-refractivity contribution in [1.82, 2.24) is 14.7 Å². The van der Waals surface area contributed by atoms with Crippen molar-refractivity contribution in [2.75, 3.05) is 52.4 Å². The Morgan fingerprint density at radius 2 is 1.71 bits per heavy atom. The molecule has 0 aliphatic carbocycles. The number of amides is 1. The summed E-state index contributed by atoms with van der Waals surface area (Å²) in [6.07, 6.45) is -4.38. The van der Waals surface area contributed by atoms with Crippen LogP contribution in [0.15, 0.2) is 0 Å². The van der Waals surface area contributed by atoms with Gasteiger partial charge in [-0.05, 0) is 13.8 Å². The van der Waals surface area contributed by atoms with Crippen LogP contribution in [0.2, 0.25) is 0 Å². The van der Waals surface area contributed by atoms with E-state index in [4.69, 9.17) is 5.11 Å². The number of β-amino-alcohol motifs (C(OH)–C–C–N with tert-alkyl or cyclic N) is 1. The van der Waals surface area contributed by atoms with Gasteiger partial charge in [-0.2, -0.15) is 13.2 Å². The molecule has 1 N–H and O–H groups in total. The van der Waals surface area contributed by atoms with Crippen molar-refractivity contribution in [2.45, 2.75) is 26.1 Å². The number of rotatable bonds is 6. The first-order valence-corrected chi connectivity index (χ1v) is 7.14. The van der Waals surface area contributed by atoms with E-state index in [0.717, 1.165) is 18.0 Å². The van der Waals surface area contributed by atoms with Crippen LogP contribution in [0, 0.1) is 0 Å². The summed E-state index contributed by atoms with van der Waals surface area (Å²) in [5.41, 5.74) is 0. The Balaban J connectivity index is 2.47. The van der Waals surface area contributed by atoms with Crippen LogP contribution in [0.25, 0.3) is 0 Å². The van der Waals surface area contributed by atoms with Crippen molar-refractivity contribution in [3.05, 3.63) is 0 Å². The van der Waals surface area contributed by atoms with Crippen LogP contribution in [0.4, 0.5) is 13.2 Å². The molecule has 5 nitrogen and oxygen atoms in total. The summed E-state index contributed by atoms with van der Waals surface area (Å²) in [4.78, 5) is 16.9. The van der Waals surface area contributed by atoms with Crippen LogP contribution >= 0.6 is 0 Å². The zero-order valence-corrected chi connectivity index (χ0v) is 12.6. The van der Waals surface area contributed by atoms with Crippen LogP contribution in [-0.2, 0) is 4.79 Å². The van der Waals surface area contributed by atoms with Crippen LogP contribution in [0.5, 0.6) is 0 Å². The van der Waals surface area contributed by atoms with Crippen molar-refractivity contribution in [2.24, 2.45) is 0 Å². The fourth-order valence-electron chi connectivity index (χ4n) is 2.35. The van der Waals surface area contributed by atoms with E-state index in [1.54, 1.807) is 13.8 Å². The van der Waals surface area contributed by atoms with Crippen molar-refractivity contribution < 1.29 is 23.1 Å². The molecule has 1 aliphatic rings. The van der Waals surface area contributed by atoms with Crippen molar-refractivity contribution >= 4 is 5.91 Å². The molecule has 1 heterocycles. The monoisotopic (exact) mass is 311 g/mol. The maximum Gasteiger partial charge on any atom is 0.406 e. The molecule has 0 aromatic carbocycles. The second kappa shape index (κ2) is 7.95. The van der Waals surface area contributed by atoms with Gasteiger partial charge in [0.05, 0.1) is 13.2 Å². The topological polar surface area (TPSA) is 47.0 Å². The van der Waals surface area contributed by atoms with Gasteiger partial charge in [0.1, 0.15) is 6.54 Å². The molecule has 0 spiro atoms. The Morgan fingerprint density at radius 1 is 1.19 bits per heavy atom. The predicted octanol–water partition coefficient (Wildman–Crippen LogP) is 0.396. The maximum atomic E-state index is 12.5. The van der Waals surface area contributed by atoms with E-state index in [-0.39, 0.29) is 13.2 Å². The lowest BCUT2D eigenvalue weighted by molar-refractivity contribution is -0.165. The summed E-state index contributed by atoms with van der Waals surface area (Å²) in [5.74, 6) is -0.488. The molecule has 1 amide bonds. The minimum Gasteiger partial charge on any atom is -0.395 e. The Labute approximate surface area is 123 Å². The average Bonchev–Trinajstić information content (AvgIpc) is 2.37. The number of piperazine rings is 1. The molecule has 0 unspecified atom stereocenters. The van der Waals surface area contributed by atoms with E-state index in [1.165, 1.54) is 0 Å². The second-order valence-electron chi connectivity index (χ2n) is 5.57. The summed E-state index contributed by atoms with van der Waals surface area (Å²) < 4.78 is 37.5. The van der Waals surface area contributed by atoms with Crippen LogP contribution in [-0.4, -0.2) is 90.4 Å². The van der Waals surface area contributed by atoms with Crippen LogP contribution < -0.4 is 0 Å². The van der Waals surface area contributed by atoms with Gasteiger partial charge < -0.3 is 10.0 Å². The largest absolute Gasteiger partial charge is 0.406 e. The SMILES string of the molecule is CC(C)N(CC(F)(F)F)C(=O)CN1CCN(CCO)CC1. The zero-order chi connectivity index (χ0) is 16.0. The summed E-state index contributed by atoms with van der Waals surface area (Å²) in [7, 11) is 0. The summed E-state index contributed by atoms with van der Waals surface area (Å²) >= 11 is 0. The van der Waals surface area contributed by atoms with Gasteiger partial charge in [0.2, 0.25) is 5.91 Å². The highest BCUT2D eigenvalue weighted by atomic mass is 19.4. The van der Waals surface area contributed by atoms with Gasteiger partial charge in [-0.15, -0.1) is 0 Å². The number of alkyl halides is 3. The molecule has 0 saturated carbocycles. The molecule has 1 rings (SSSR count). The predicted molar refractivity (Wildman–Crippen MR) is 72.9 cm³/mol. The molecule has 8 heteroatoms. The molecule has 1 fully saturated rings. The summed E-state index contributed by atoms with van der Waals surface area (Å²) in [6.45, 7) is 5.36. The van der Waals surface area contributed by atoms with E-state index >= 15 is 0 Å². The summed E-state index contributed by atoms with van der Waals surface area (Å²) in [6, 6.07) is -0.477. The molecule has 0 bridgehead atoms. The van der Waals surface area contributed by atoms with Crippen LogP contribution in [0.3, 0.4) is 0 Å². The molecule has 0 radical (unpaired) electrons. The molecule has 0 atom stereocenters. The Morgan fingerprint density at radius 3 is 2.14 bits per heavy atom. The fourth-order valence-corrected chi connectivity index (χ4v) is 2.35. The second-order valence-corrected chi connectivity index (χ2v) is 5.57. The van der Waals surface area contributed by atoms with Crippen molar-refractivity contribution in [3.8, 4) is 0 Å². The normalized spacial score (nSPS) is 18.2. The van der Waals surface area contributed by atoms with Gasteiger partial charge in [-0.1, -0.05) is 0 Å². The third-order valence-electron chi connectivity index (χ3n) is 3.53. The highest BCUT2D eigenvalue weighted by Crippen LogP contribution is 2.18. The third kappa shape index (κ3) is 6.62. The molecule has 21 heavy (non-hydrogen) atoms. The number of hydrogen-bond donors (Lipinski definition) is 1. The lowest BCUT2D eigenvalue weighted by Gasteiger charge is -2.36. The average molecular weight is 311 g/mol. The van der Waals surface area contributed by atoms with Gasteiger partial charge in [0.15, 0.2) is 0 Å². The Bertz CT molecular complexity index is 329. The maximum absolute atomic E-state index is 12.5.